The summed E-state index contributed by atoms with van der Waals surface area (Å²) in [6.45, 7) is -0.176. The Labute approximate surface area is 192 Å². The van der Waals surface area contributed by atoms with Crippen LogP contribution in [0, 0.1) is 0 Å². The fourth-order valence-corrected chi connectivity index (χ4v) is 4.09. The smallest absolute Gasteiger partial charge is 0.190 e. The van der Waals surface area contributed by atoms with Gasteiger partial charge in [0.05, 0.1) is 19.3 Å². The first-order valence-electron chi connectivity index (χ1n) is 10.6. The summed E-state index contributed by atoms with van der Waals surface area (Å²) in [7, 11) is 0. The maximum atomic E-state index is 10.5. The average Bonchev–Trinajstić information content (AvgIpc) is 2.82. The molecule has 0 amide bonds. The maximum absolute atomic E-state index is 10.5. The molecule has 34 heavy (non-hydrogen) atoms. The van der Waals surface area contributed by atoms with Crippen LogP contribution in [0.15, 0.2) is 0 Å². The Kier molecular flexibility index (Phi) is 9.54. The molecule has 3 aliphatic heterocycles. The van der Waals surface area contributed by atoms with Gasteiger partial charge in [-0.25, -0.2) is 4.89 Å². The molecule has 16 nitrogen and oxygen atoms in total. The molecule has 10 N–H and O–H groups in total. The van der Waals surface area contributed by atoms with Gasteiger partial charge in [0.15, 0.2) is 25.0 Å². The third-order valence-electron chi connectivity index (χ3n) is 6.15. The molecule has 0 spiro atoms. The molecule has 3 rings (SSSR count). The number of hydrogen-bond acceptors (Lipinski definition) is 16. The molecular formula is C18H32O16. The first kappa shape index (κ1) is 27.9. The molecule has 0 aliphatic carbocycles. The van der Waals surface area contributed by atoms with E-state index >= 15 is 0 Å². The van der Waals surface area contributed by atoms with Crippen LogP contribution in [0.5, 0.6) is 0 Å². The Morgan fingerprint density at radius 1 is 0.588 bits per heavy atom. The summed E-state index contributed by atoms with van der Waals surface area (Å²) in [5, 5.41) is 99.2. The Morgan fingerprint density at radius 3 is 1.79 bits per heavy atom. The van der Waals surface area contributed by atoms with E-state index in [-0.39, 0.29) is 0 Å². The zero-order chi connectivity index (χ0) is 25.3. The summed E-state index contributed by atoms with van der Waals surface area (Å²) in [6, 6.07) is 0. The number of ether oxygens (including phenoxy) is 5. The minimum atomic E-state index is -1.90. The van der Waals surface area contributed by atoms with Gasteiger partial charge in [0.25, 0.3) is 0 Å². The van der Waals surface area contributed by atoms with E-state index in [9.17, 15) is 51.2 Å². The van der Waals surface area contributed by atoms with Crippen LogP contribution in [0.4, 0.5) is 0 Å². The molecule has 200 valence electrons. The Hall–Kier alpha value is -0.640. The normalized spacial score (nSPS) is 52.5. The molecule has 3 heterocycles. The lowest BCUT2D eigenvalue weighted by Gasteiger charge is -2.48. The van der Waals surface area contributed by atoms with E-state index in [0.29, 0.717) is 0 Å². The van der Waals surface area contributed by atoms with Gasteiger partial charge in [-0.3, -0.25) is 5.26 Å². The van der Waals surface area contributed by atoms with Crippen molar-refractivity contribution in [2.24, 2.45) is 0 Å². The highest BCUT2D eigenvalue weighted by molar-refractivity contribution is 4.96. The van der Waals surface area contributed by atoms with Crippen molar-refractivity contribution < 1.29 is 79.8 Å². The van der Waals surface area contributed by atoms with Gasteiger partial charge >= 0.3 is 0 Å². The first-order chi connectivity index (χ1) is 16.0. The van der Waals surface area contributed by atoms with Crippen LogP contribution in [0.2, 0.25) is 0 Å². The molecule has 3 fully saturated rings. The zero-order valence-corrected chi connectivity index (χ0v) is 18.0. The molecule has 0 bridgehead atoms. The van der Waals surface area contributed by atoms with Gasteiger partial charge in [0.1, 0.15) is 61.0 Å². The summed E-state index contributed by atoms with van der Waals surface area (Å²) < 4.78 is 27.0. The highest BCUT2D eigenvalue weighted by Crippen LogP contribution is 2.33. The van der Waals surface area contributed by atoms with Crippen LogP contribution in [-0.4, -0.2) is 157 Å². The third-order valence-corrected chi connectivity index (χ3v) is 6.15. The minimum absolute atomic E-state index is 0.762. The van der Waals surface area contributed by atoms with Crippen LogP contribution in [0.3, 0.4) is 0 Å². The molecular weight excluding hydrogens is 472 g/mol. The molecule has 0 aromatic carbocycles. The molecule has 16 heteroatoms. The molecule has 0 radical (unpaired) electrons. The second kappa shape index (κ2) is 11.6. The summed E-state index contributed by atoms with van der Waals surface area (Å²) in [4.78, 5) is 4.16. The molecule has 15 atom stereocenters. The highest BCUT2D eigenvalue weighted by atomic mass is 17.1. The quantitative estimate of drug-likeness (QED) is 0.114. The van der Waals surface area contributed by atoms with Crippen molar-refractivity contribution in [3.63, 3.8) is 0 Å². The lowest BCUT2D eigenvalue weighted by molar-refractivity contribution is -0.414. The molecule has 3 aliphatic rings. The van der Waals surface area contributed by atoms with Crippen LogP contribution >= 0.6 is 0 Å². The maximum Gasteiger partial charge on any atom is 0.190 e. The van der Waals surface area contributed by atoms with Crippen molar-refractivity contribution in [2.45, 2.75) is 99.0 Å². The number of rotatable bonds is 7. The predicted molar refractivity (Wildman–Crippen MR) is 101 cm³/mol. The van der Waals surface area contributed by atoms with Crippen molar-refractivity contribution in [1.29, 1.82) is 0 Å². The monoisotopic (exact) mass is 504 g/mol. The number of hydrogen-bond donors (Lipinski definition) is 10. The lowest BCUT2D eigenvalue weighted by Crippen LogP contribution is -2.67. The summed E-state index contributed by atoms with van der Waals surface area (Å²) in [5.41, 5.74) is 0. The first-order valence-corrected chi connectivity index (χ1v) is 10.6. The average molecular weight is 504 g/mol. The third kappa shape index (κ3) is 5.37. The summed E-state index contributed by atoms with van der Waals surface area (Å²) >= 11 is 0. The van der Waals surface area contributed by atoms with E-state index in [2.05, 4.69) is 4.89 Å². The van der Waals surface area contributed by atoms with Crippen molar-refractivity contribution in [1.82, 2.24) is 0 Å². The van der Waals surface area contributed by atoms with Gasteiger partial charge in [-0.05, 0) is 6.92 Å². The van der Waals surface area contributed by atoms with E-state index < -0.39 is 105 Å². The standard InChI is InChI=1S/C18H32O16/c1-4-7(21)9(23)11(25)17(29-4)33-14-12(26)16(27)30-6(3-20)13(14)32-18-15(34-28)10(24)8(22)5(2-19)31-18/h4-28H,2-3H2,1H3/t4-,5+,6+,7+,8-,9+,10-,11-,12+,13+,14+,15+,16-,17-,18-/m0/s1. The van der Waals surface area contributed by atoms with Gasteiger partial charge in [0, 0.05) is 0 Å². The van der Waals surface area contributed by atoms with Crippen molar-refractivity contribution in [3.8, 4) is 0 Å². The van der Waals surface area contributed by atoms with Crippen LogP contribution < -0.4 is 0 Å². The van der Waals surface area contributed by atoms with Crippen LogP contribution in [-0.2, 0) is 28.6 Å². The van der Waals surface area contributed by atoms with Gasteiger partial charge in [-0.1, -0.05) is 0 Å². The second-order valence-corrected chi connectivity index (χ2v) is 8.40. The molecule has 0 unspecified atom stereocenters. The Morgan fingerprint density at radius 2 is 1.21 bits per heavy atom. The van der Waals surface area contributed by atoms with Gasteiger partial charge in [-0.2, -0.15) is 0 Å². The zero-order valence-electron chi connectivity index (χ0n) is 18.0. The second-order valence-electron chi connectivity index (χ2n) is 8.40. The van der Waals surface area contributed by atoms with Crippen LogP contribution in [0.1, 0.15) is 6.92 Å². The van der Waals surface area contributed by atoms with Crippen molar-refractivity contribution in [3.05, 3.63) is 0 Å². The van der Waals surface area contributed by atoms with E-state index in [0.717, 1.165) is 0 Å². The van der Waals surface area contributed by atoms with Crippen molar-refractivity contribution in [2.75, 3.05) is 13.2 Å². The fraction of sp³-hybridized carbons (Fsp3) is 1.00. The Bertz CT molecular complexity index is 641. The van der Waals surface area contributed by atoms with E-state index in [1.165, 1.54) is 6.92 Å². The number of aliphatic hydroxyl groups excluding tert-OH is 9. The van der Waals surface area contributed by atoms with Gasteiger partial charge < -0.3 is 69.6 Å². The van der Waals surface area contributed by atoms with Gasteiger partial charge in [-0.15, -0.1) is 0 Å². The minimum Gasteiger partial charge on any atom is -0.394 e. The predicted octanol–water partition coefficient (Wildman–Crippen LogP) is -6.05. The summed E-state index contributed by atoms with van der Waals surface area (Å²) in [5.74, 6) is 0. The van der Waals surface area contributed by atoms with E-state index in [4.69, 9.17) is 23.7 Å². The highest BCUT2D eigenvalue weighted by Gasteiger charge is 2.54. The van der Waals surface area contributed by atoms with E-state index in [1.807, 2.05) is 0 Å². The SMILES string of the molecule is C[C@@H]1O[C@@H](O[C@@H]2[C@@H](O)[C@@H](O)O[C@H](CO)[C@H]2O[C@@H]2O[C@H](CO)[C@H](O)[C@H](O)[C@H]2OO)[C@@H](O)[C@H](O)[C@@H]1O. The van der Waals surface area contributed by atoms with Crippen LogP contribution in [0.25, 0.3) is 0 Å². The summed E-state index contributed by atoms with van der Waals surface area (Å²) in [6.07, 6.45) is -24.2. The van der Waals surface area contributed by atoms with Crippen molar-refractivity contribution >= 4 is 0 Å². The topological polar surface area (TPSA) is 258 Å². The molecule has 0 aromatic rings. The molecule has 0 aromatic heterocycles. The lowest BCUT2D eigenvalue weighted by atomic mass is 9.96. The van der Waals surface area contributed by atoms with E-state index in [1.54, 1.807) is 0 Å². The largest absolute Gasteiger partial charge is 0.394 e. The Balaban J connectivity index is 1.85. The van der Waals surface area contributed by atoms with Gasteiger partial charge in [0.2, 0.25) is 0 Å². The number of aliphatic hydroxyl groups is 9. The molecule has 0 saturated carbocycles. The molecule has 3 saturated heterocycles. The fourth-order valence-electron chi connectivity index (χ4n) is 4.09.